The third-order valence-corrected chi connectivity index (χ3v) is 3.31. The van der Waals surface area contributed by atoms with Gasteiger partial charge < -0.3 is 5.32 Å². The summed E-state index contributed by atoms with van der Waals surface area (Å²) in [5.41, 5.74) is 3.01. The van der Waals surface area contributed by atoms with Crippen LogP contribution in [0.5, 0.6) is 0 Å². The van der Waals surface area contributed by atoms with Crippen molar-refractivity contribution >= 4 is 11.6 Å². The van der Waals surface area contributed by atoms with E-state index in [0.717, 1.165) is 30.0 Å². The molecule has 0 fully saturated rings. The van der Waals surface area contributed by atoms with Crippen molar-refractivity contribution in [2.45, 2.75) is 26.9 Å². The predicted molar refractivity (Wildman–Crippen MR) is 71.7 cm³/mol. The summed E-state index contributed by atoms with van der Waals surface area (Å²) in [6.07, 6.45) is 1.97. The molecule has 0 unspecified atom stereocenters. The van der Waals surface area contributed by atoms with Gasteiger partial charge in [0, 0.05) is 25.4 Å². The molecular formula is C12H18ClN5. The molecule has 2 aromatic heterocycles. The number of hydrogen-bond acceptors (Lipinski definition) is 3. The second kappa shape index (κ2) is 5.54. The highest BCUT2D eigenvalue weighted by Gasteiger charge is 2.12. The molecule has 0 aliphatic heterocycles. The summed E-state index contributed by atoms with van der Waals surface area (Å²) in [6, 6.07) is 2.02. The van der Waals surface area contributed by atoms with E-state index in [-0.39, 0.29) is 0 Å². The Bertz CT molecular complexity index is 529. The minimum atomic E-state index is 0.657. The number of nitrogens with zero attached hydrogens (tertiary/aromatic N) is 4. The van der Waals surface area contributed by atoms with Crippen LogP contribution < -0.4 is 5.32 Å². The first-order valence-electron chi connectivity index (χ1n) is 6.02. The van der Waals surface area contributed by atoms with Gasteiger partial charge >= 0.3 is 0 Å². The Morgan fingerprint density at radius 3 is 2.78 bits per heavy atom. The molecule has 0 spiro atoms. The number of hydrogen-bond donors (Lipinski definition) is 1. The Hall–Kier alpha value is -1.33. The lowest BCUT2D eigenvalue weighted by Gasteiger charge is -2.02. The van der Waals surface area contributed by atoms with Crippen LogP contribution in [0.2, 0.25) is 5.15 Å². The fourth-order valence-corrected chi connectivity index (χ4v) is 2.09. The summed E-state index contributed by atoms with van der Waals surface area (Å²) >= 11 is 6.20. The Morgan fingerprint density at radius 1 is 1.39 bits per heavy atom. The lowest BCUT2D eigenvalue weighted by molar-refractivity contribution is 0.643. The molecule has 0 radical (unpaired) electrons. The van der Waals surface area contributed by atoms with Crippen LogP contribution in [-0.4, -0.2) is 26.1 Å². The average molecular weight is 268 g/mol. The molecule has 0 atom stereocenters. The molecule has 2 rings (SSSR count). The van der Waals surface area contributed by atoms with Gasteiger partial charge in [-0.25, -0.2) is 0 Å². The van der Waals surface area contributed by atoms with Crippen LogP contribution in [0.1, 0.15) is 23.9 Å². The first kappa shape index (κ1) is 13.1. The summed E-state index contributed by atoms with van der Waals surface area (Å²) in [5, 5.41) is 12.7. The monoisotopic (exact) mass is 267 g/mol. The van der Waals surface area contributed by atoms with E-state index in [4.69, 9.17) is 11.6 Å². The SMILES string of the molecule is CCNCc1ccn(Cc2c(C)nn(C)c2Cl)n1. The van der Waals surface area contributed by atoms with Crippen LogP contribution in [0, 0.1) is 6.92 Å². The van der Waals surface area contributed by atoms with Crippen LogP contribution in [-0.2, 0) is 20.1 Å². The second-order valence-electron chi connectivity index (χ2n) is 4.26. The fourth-order valence-electron chi connectivity index (χ4n) is 1.85. The Morgan fingerprint density at radius 2 is 2.17 bits per heavy atom. The molecule has 0 saturated heterocycles. The van der Waals surface area contributed by atoms with Crippen LogP contribution in [0.25, 0.3) is 0 Å². The summed E-state index contributed by atoms with van der Waals surface area (Å²) in [4.78, 5) is 0. The van der Waals surface area contributed by atoms with Crippen LogP contribution in [0.3, 0.4) is 0 Å². The molecule has 0 bridgehead atoms. The molecule has 2 heterocycles. The highest BCUT2D eigenvalue weighted by Crippen LogP contribution is 2.19. The van der Waals surface area contributed by atoms with E-state index in [1.807, 2.05) is 30.9 Å². The number of halogens is 1. The van der Waals surface area contributed by atoms with E-state index in [2.05, 4.69) is 22.4 Å². The third kappa shape index (κ3) is 2.73. The van der Waals surface area contributed by atoms with Crippen molar-refractivity contribution in [2.75, 3.05) is 6.54 Å². The zero-order valence-corrected chi connectivity index (χ0v) is 11.7. The molecule has 0 aliphatic rings. The van der Waals surface area contributed by atoms with Crippen molar-refractivity contribution < 1.29 is 0 Å². The number of nitrogens with one attached hydrogen (secondary N) is 1. The molecule has 0 aromatic carbocycles. The van der Waals surface area contributed by atoms with E-state index in [1.54, 1.807) is 4.68 Å². The zero-order chi connectivity index (χ0) is 13.1. The standard InChI is InChI=1S/C12H18ClN5/c1-4-14-7-10-5-6-18(16-10)8-11-9(2)15-17(3)12(11)13/h5-6,14H,4,7-8H2,1-3H3. The van der Waals surface area contributed by atoms with Gasteiger partial charge in [0.15, 0.2) is 0 Å². The van der Waals surface area contributed by atoms with Crippen molar-refractivity contribution in [3.8, 4) is 0 Å². The summed E-state index contributed by atoms with van der Waals surface area (Å²) in [5.74, 6) is 0. The Labute approximate surface area is 112 Å². The van der Waals surface area contributed by atoms with Gasteiger partial charge in [-0.1, -0.05) is 18.5 Å². The van der Waals surface area contributed by atoms with Crippen molar-refractivity contribution in [1.82, 2.24) is 24.9 Å². The first-order chi connectivity index (χ1) is 8.61. The van der Waals surface area contributed by atoms with E-state index >= 15 is 0 Å². The number of aryl methyl sites for hydroxylation is 2. The summed E-state index contributed by atoms with van der Waals surface area (Å²) in [7, 11) is 1.85. The lowest BCUT2D eigenvalue weighted by atomic mass is 10.3. The fraction of sp³-hybridized carbons (Fsp3) is 0.500. The van der Waals surface area contributed by atoms with Crippen LogP contribution >= 0.6 is 11.6 Å². The topological polar surface area (TPSA) is 47.7 Å². The second-order valence-corrected chi connectivity index (χ2v) is 4.62. The van der Waals surface area contributed by atoms with Gasteiger partial charge in [0.05, 0.1) is 17.9 Å². The van der Waals surface area contributed by atoms with Crippen molar-refractivity contribution in [3.63, 3.8) is 0 Å². The predicted octanol–water partition coefficient (Wildman–Crippen LogP) is 1.74. The molecule has 2 aromatic rings. The van der Waals surface area contributed by atoms with Gasteiger partial charge in [-0.3, -0.25) is 9.36 Å². The molecule has 0 amide bonds. The molecule has 5 nitrogen and oxygen atoms in total. The third-order valence-electron chi connectivity index (χ3n) is 2.84. The largest absolute Gasteiger partial charge is 0.311 e. The molecule has 98 valence electrons. The van der Waals surface area contributed by atoms with Gasteiger partial charge in [-0.05, 0) is 19.5 Å². The van der Waals surface area contributed by atoms with Gasteiger partial charge in [0.2, 0.25) is 0 Å². The van der Waals surface area contributed by atoms with E-state index < -0.39 is 0 Å². The van der Waals surface area contributed by atoms with E-state index in [1.165, 1.54) is 0 Å². The number of aromatic nitrogens is 4. The highest BCUT2D eigenvalue weighted by atomic mass is 35.5. The molecule has 6 heteroatoms. The maximum absolute atomic E-state index is 6.20. The van der Waals surface area contributed by atoms with Crippen LogP contribution in [0.4, 0.5) is 0 Å². The molecule has 1 N–H and O–H groups in total. The molecule has 0 saturated carbocycles. The van der Waals surface area contributed by atoms with Gasteiger partial charge in [-0.2, -0.15) is 10.2 Å². The normalized spacial score (nSPS) is 11.1. The number of rotatable bonds is 5. The smallest absolute Gasteiger partial charge is 0.132 e. The average Bonchev–Trinajstić information content (AvgIpc) is 2.88. The van der Waals surface area contributed by atoms with Crippen molar-refractivity contribution in [2.24, 2.45) is 7.05 Å². The molecule has 0 aliphatic carbocycles. The quantitative estimate of drug-likeness (QED) is 0.898. The Kier molecular flexibility index (Phi) is 4.04. The maximum Gasteiger partial charge on any atom is 0.132 e. The maximum atomic E-state index is 6.20. The Balaban J connectivity index is 2.11. The van der Waals surface area contributed by atoms with Gasteiger partial charge in [0.25, 0.3) is 0 Å². The van der Waals surface area contributed by atoms with Gasteiger partial charge in [0.1, 0.15) is 5.15 Å². The minimum Gasteiger partial charge on any atom is -0.311 e. The summed E-state index contributed by atoms with van der Waals surface area (Å²) in [6.45, 7) is 6.44. The van der Waals surface area contributed by atoms with Crippen molar-refractivity contribution in [1.29, 1.82) is 0 Å². The van der Waals surface area contributed by atoms with Crippen molar-refractivity contribution in [3.05, 3.63) is 34.4 Å². The van der Waals surface area contributed by atoms with E-state index in [0.29, 0.717) is 11.7 Å². The zero-order valence-electron chi connectivity index (χ0n) is 10.9. The first-order valence-corrected chi connectivity index (χ1v) is 6.40. The lowest BCUT2D eigenvalue weighted by Crippen LogP contribution is -2.12. The minimum absolute atomic E-state index is 0.657. The van der Waals surface area contributed by atoms with Crippen LogP contribution in [0.15, 0.2) is 12.3 Å². The molecular weight excluding hydrogens is 250 g/mol. The van der Waals surface area contributed by atoms with E-state index in [9.17, 15) is 0 Å². The molecule has 18 heavy (non-hydrogen) atoms. The highest BCUT2D eigenvalue weighted by molar-refractivity contribution is 6.30. The van der Waals surface area contributed by atoms with Gasteiger partial charge in [-0.15, -0.1) is 0 Å². The summed E-state index contributed by atoms with van der Waals surface area (Å²) < 4.78 is 3.58.